The van der Waals surface area contributed by atoms with Crippen LogP contribution in [0, 0.1) is 0 Å². The highest BCUT2D eigenvalue weighted by molar-refractivity contribution is 7.89. The lowest BCUT2D eigenvalue weighted by Gasteiger charge is -2.10. The van der Waals surface area contributed by atoms with Crippen molar-refractivity contribution in [2.24, 2.45) is 0 Å². The molecule has 5 nitrogen and oxygen atoms in total. The molecule has 0 fully saturated rings. The summed E-state index contributed by atoms with van der Waals surface area (Å²) in [7, 11) is -3.56. The first-order valence-corrected chi connectivity index (χ1v) is 7.35. The molecule has 0 aliphatic carbocycles. The van der Waals surface area contributed by atoms with Crippen molar-refractivity contribution >= 4 is 33.2 Å². The van der Waals surface area contributed by atoms with E-state index in [9.17, 15) is 13.2 Å². The Morgan fingerprint density at radius 3 is 2.61 bits per heavy atom. The average Bonchev–Trinajstić information content (AvgIpc) is 2.27. The van der Waals surface area contributed by atoms with E-state index in [-0.39, 0.29) is 22.7 Å². The minimum Gasteiger partial charge on any atom is -0.325 e. The largest absolute Gasteiger partial charge is 0.325 e. The molecule has 1 amide bonds. The monoisotopic (exact) mass is 290 g/mol. The van der Waals surface area contributed by atoms with Gasteiger partial charge in [0.25, 0.3) is 0 Å². The van der Waals surface area contributed by atoms with Crippen molar-refractivity contribution < 1.29 is 13.2 Å². The lowest BCUT2D eigenvalue weighted by molar-refractivity contribution is -0.113. The number of halogens is 1. The Hall–Kier alpha value is -1.11. The fraction of sp³-hybridized carbons (Fsp3) is 0.364. The molecule has 0 saturated heterocycles. The Labute approximate surface area is 112 Å². The summed E-state index contributed by atoms with van der Waals surface area (Å²) >= 11 is 5.36. The quantitative estimate of drug-likeness (QED) is 0.808. The zero-order valence-corrected chi connectivity index (χ0v) is 11.7. The van der Waals surface area contributed by atoms with E-state index in [1.165, 1.54) is 12.1 Å². The smallest absolute Gasteiger partial charge is 0.240 e. The predicted molar refractivity (Wildman–Crippen MR) is 71.2 cm³/mol. The summed E-state index contributed by atoms with van der Waals surface area (Å²) in [6.45, 7) is 3.47. The van der Waals surface area contributed by atoms with Gasteiger partial charge in [-0.05, 0) is 32.0 Å². The average molecular weight is 291 g/mol. The zero-order chi connectivity index (χ0) is 13.8. The molecule has 7 heteroatoms. The number of anilines is 1. The van der Waals surface area contributed by atoms with Crippen LogP contribution in [0.15, 0.2) is 29.2 Å². The maximum absolute atomic E-state index is 11.9. The van der Waals surface area contributed by atoms with Crippen molar-refractivity contribution in [1.82, 2.24) is 4.72 Å². The lowest BCUT2D eigenvalue weighted by Crippen LogP contribution is -2.30. The molecule has 0 radical (unpaired) electrons. The number of sulfonamides is 1. The molecule has 0 unspecified atom stereocenters. The molecule has 1 aromatic carbocycles. The molecule has 0 bridgehead atoms. The van der Waals surface area contributed by atoms with E-state index >= 15 is 0 Å². The highest BCUT2D eigenvalue weighted by atomic mass is 35.5. The Bertz CT molecular complexity index is 529. The Kier molecular flexibility index (Phi) is 5.13. The van der Waals surface area contributed by atoms with Crippen LogP contribution in [0.5, 0.6) is 0 Å². The molecule has 1 aromatic rings. The molecule has 0 aromatic heterocycles. The molecule has 0 heterocycles. The van der Waals surface area contributed by atoms with Gasteiger partial charge in [0.1, 0.15) is 5.88 Å². The zero-order valence-electron chi connectivity index (χ0n) is 10.1. The van der Waals surface area contributed by atoms with Gasteiger partial charge in [-0.25, -0.2) is 13.1 Å². The van der Waals surface area contributed by atoms with Crippen LogP contribution in [0.1, 0.15) is 13.8 Å². The van der Waals surface area contributed by atoms with Crippen LogP contribution in [-0.4, -0.2) is 26.2 Å². The molecule has 0 saturated carbocycles. The van der Waals surface area contributed by atoms with Crippen LogP contribution in [0.2, 0.25) is 0 Å². The van der Waals surface area contributed by atoms with Gasteiger partial charge in [-0.2, -0.15) is 0 Å². The van der Waals surface area contributed by atoms with Crippen molar-refractivity contribution in [3.05, 3.63) is 24.3 Å². The minimum atomic E-state index is -3.56. The van der Waals surface area contributed by atoms with E-state index < -0.39 is 10.0 Å². The first-order valence-electron chi connectivity index (χ1n) is 5.33. The number of hydrogen-bond donors (Lipinski definition) is 2. The van der Waals surface area contributed by atoms with Gasteiger partial charge in [-0.15, -0.1) is 11.6 Å². The van der Waals surface area contributed by atoms with Crippen molar-refractivity contribution in [1.29, 1.82) is 0 Å². The summed E-state index contributed by atoms with van der Waals surface area (Å²) < 4.78 is 26.3. The standard InChI is InChI=1S/C11H15ClN2O3S/c1-8(2)14-18(16,17)10-5-3-4-9(6-10)13-11(15)7-12/h3-6,8,14H,7H2,1-2H3,(H,13,15). The van der Waals surface area contributed by atoms with Crippen molar-refractivity contribution in [3.8, 4) is 0 Å². The molecule has 1 rings (SSSR count). The summed E-state index contributed by atoms with van der Waals surface area (Å²) in [5.41, 5.74) is 0.396. The minimum absolute atomic E-state index is 0.101. The molecule has 0 aliphatic rings. The topological polar surface area (TPSA) is 75.3 Å². The van der Waals surface area contributed by atoms with Crippen molar-refractivity contribution in [2.45, 2.75) is 24.8 Å². The highest BCUT2D eigenvalue weighted by Gasteiger charge is 2.15. The van der Waals surface area contributed by atoms with Gasteiger partial charge in [-0.1, -0.05) is 6.07 Å². The van der Waals surface area contributed by atoms with Gasteiger partial charge in [0.2, 0.25) is 15.9 Å². The van der Waals surface area contributed by atoms with Crippen molar-refractivity contribution in [3.63, 3.8) is 0 Å². The van der Waals surface area contributed by atoms with E-state index in [0.717, 1.165) is 0 Å². The molecule has 0 aliphatic heterocycles. The van der Waals surface area contributed by atoms with Crippen LogP contribution in [0.25, 0.3) is 0 Å². The summed E-state index contributed by atoms with van der Waals surface area (Å²) in [6.07, 6.45) is 0. The first-order chi connectivity index (χ1) is 8.35. The number of benzene rings is 1. The number of nitrogens with one attached hydrogen (secondary N) is 2. The Balaban J connectivity index is 2.98. The van der Waals surface area contributed by atoms with Crippen molar-refractivity contribution in [2.75, 3.05) is 11.2 Å². The highest BCUT2D eigenvalue weighted by Crippen LogP contribution is 2.15. The maximum atomic E-state index is 11.9. The lowest BCUT2D eigenvalue weighted by atomic mass is 10.3. The van der Waals surface area contributed by atoms with Crippen LogP contribution in [-0.2, 0) is 14.8 Å². The van der Waals surface area contributed by atoms with Gasteiger partial charge in [0.15, 0.2) is 0 Å². The first kappa shape index (κ1) is 14.9. The van der Waals surface area contributed by atoms with Gasteiger partial charge in [-0.3, -0.25) is 4.79 Å². The molecule has 18 heavy (non-hydrogen) atoms. The second-order valence-electron chi connectivity index (χ2n) is 3.99. The second-order valence-corrected chi connectivity index (χ2v) is 5.97. The number of carbonyl (C=O) groups is 1. The van der Waals surface area contributed by atoms with Gasteiger partial charge in [0.05, 0.1) is 4.90 Å². The van der Waals surface area contributed by atoms with E-state index in [4.69, 9.17) is 11.6 Å². The number of hydrogen-bond acceptors (Lipinski definition) is 3. The predicted octanol–water partition coefficient (Wildman–Crippen LogP) is 1.55. The van der Waals surface area contributed by atoms with Gasteiger partial charge >= 0.3 is 0 Å². The third-order valence-electron chi connectivity index (χ3n) is 1.94. The Morgan fingerprint density at radius 1 is 1.39 bits per heavy atom. The van der Waals surface area contributed by atoms with E-state index in [1.54, 1.807) is 26.0 Å². The van der Waals surface area contributed by atoms with E-state index in [1.807, 2.05) is 0 Å². The molecule has 100 valence electrons. The normalized spacial score (nSPS) is 11.6. The molecular weight excluding hydrogens is 276 g/mol. The van der Waals surface area contributed by atoms with Crippen LogP contribution in [0.3, 0.4) is 0 Å². The summed E-state index contributed by atoms with van der Waals surface area (Å²) in [5.74, 6) is -0.565. The molecule has 2 N–H and O–H groups in total. The summed E-state index contributed by atoms with van der Waals surface area (Å²) in [4.78, 5) is 11.2. The SMILES string of the molecule is CC(C)NS(=O)(=O)c1cccc(NC(=O)CCl)c1. The number of alkyl halides is 1. The summed E-state index contributed by atoms with van der Waals surface area (Å²) in [5, 5.41) is 2.49. The van der Waals surface area contributed by atoms with E-state index in [0.29, 0.717) is 5.69 Å². The van der Waals surface area contributed by atoms with Crippen LogP contribution < -0.4 is 10.0 Å². The number of carbonyl (C=O) groups excluding carboxylic acids is 1. The number of rotatable bonds is 5. The molecule has 0 spiro atoms. The third kappa shape index (κ3) is 4.29. The fourth-order valence-corrected chi connectivity index (χ4v) is 2.68. The van der Waals surface area contributed by atoms with Crippen LogP contribution >= 0.6 is 11.6 Å². The number of amides is 1. The second kappa shape index (κ2) is 6.17. The molecule has 0 atom stereocenters. The maximum Gasteiger partial charge on any atom is 0.240 e. The molecular formula is C11H15ClN2O3S. The summed E-state index contributed by atoms with van der Waals surface area (Å²) in [6, 6.07) is 5.80. The fourth-order valence-electron chi connectivity index (χ4n) is 1.31. The van der Waals surface area contributed by atoms with Gasteiger partial charge in [0, 0.05) is 11.7 Å². The van der Waals surface area contributed by atoms with Gasteiger partial charge < -0.3 is 5.32 Å². The Morgan fingerprint density at radius 2 is 2.06 bits per heavy atom. The van der Waals surface area contributed by atoms with Crippen LogP contribution in [0.4, 0.5) is 5.69 Å². The van der Waals surface area contributed by atoms with E-state index in [2.05, 4.69) is 10.0 Å². The third-order valence-corrected chi connectivity index (χ3v) is 3.84.